The molecule has 1 atom stereocenters. The van der Waals surface area contributed by atoms with Crippen LogP contribution in [0.3, 0.4) is 0 Å². The number of nitrogens with one attached hydrogen (secondary N) is 1. The Labute approximate surface area is 121 Å². The number of hydrogen-bond donors (Lipinski definition) is 1. The molecule has 1 rings (SSSR count). The van der Waals surface area contributed by atoms with Gasteiger partial charge < -0.3 is 4.74 Å². The number of hydrogen-bond acceptors (Lipinski definition) is 3. The molecule has 0 aromatic heterocycles. The highest BCUT2D eigenvalue weighted by atomic mass is 35.5. The van der Waals surface area contributed by atoms with Gasteiger partial charge in [-0.3, -0.25) is 0 Å². The van der Waals surface area contributed by atoms with Crippen molar-refractivity contribution in [3.05, 3.63) is 28.2 Å². The molecule has 1 aromatic carbocycles. The van der Waals surface area contributed by atoms with Crippen LogP contribution in [0.1, 0.15) is 0 Å². The maximum Gasteiger partial charge on any atom is 0.242 e. The van der Waals surface area contributed by atoms with Gasteiger partial charge in [0.05, 0.1) is 17.0 Å². The van der Waals surface area contributed by atoms with Gasteiger partial charge in [0.25, 0.3) is 0 Å². The third kappa shape index (κ3) is 4.57. The van der Waals surface area contributed by atoms with Gasteiger partial charge in [-0.25, -0.2) is 13.1 Å². The Morgan fingerprint density at radius 1 is 1.39 bits per heavy atom. The van der Waals surface area contributed by atoms with Crippen molar-refractivity contribution in [3.8, 4) is 0 Å². The standard InChI is InChI=1S/C10H12Cl3NO3S/c1-17-6-8(12)5-14-18(15,16)10-4-7(11)2-3-9(10)13/h2-4,8,14H,5-6H2,1H3. The summed E-state index contributed by atoms with van der Waals surface area (Å²) in [5.74, 6) is 0. The Morgan fingerprint density at radius 3 is 2.67 bits per heavy atom. The van der Waals surface area contributed by atoms with Crippen LogP contribution in [0.25, 0.3) is 0 Å². The van der Waals surface area contributed by atoms with Gasteiger partial charge in [-0.1, -0.05) is 23.2 Å². The lowest BCUT2D eigenvalue weighted by molar-refractivity contribution is 0.198. The van der Waals surface area contributed by atoms with Crippen molar-refractivity contribution in [3.63, 3.8) is 0 Å². The van der Waals surface area contributed by atoms with E-state index in [2.05, 4.69) is 4.72 Å². The normalized spacial score (nSPS) is 13.6. The van der Waals surface area contributed by atoms with Gasteiger partial charge in [0, 0.05) is 18.7 Å². The van der Waals surface area contributed by atoms with Crippen molar-refractivity contribution >= 4 is 44.8 Å². The highest BCUT2D eigenvalue weighted by Crippen LogP contribution is 2.24. The lowest BCUT2D eigenvalue weighted by atomic mass is 10.4. The summed E-state index contributed by atoms with van der Waals surface area (Å²) in [7, 11) is -2.25. The molecule has 1 unspecified atom stereocenters. The van der Waals surface area contributed by atoms with Crippen molar-refractivity contribution in [2.75, 3.05) is 20.3 Å². The van der Waals surface area contributed by atoms with Gasteiger partial charge in [-0.15, -0.1) is 11.6 Å². The quantitative estimate of drug-likeness (QED) is 0.814. The van der Waals surface area contributed by atoms with Crippen molar-refractivity contribution < 1.29 is 13.2 Å². The van der Waals surface area contributed by atoms with Crippen LogP contribution < -0.4 is 4.72 Å². The summed E-state index contributed by atoms with van der Waals surface area (Å²) >= 11 is 17.4. The maximum atomic E-state index is 12.0. The van der Waals surface area contributed by atoms with E-state index in [1.807, 2.05) is 0 Å². The van der Waals surface area contributed by atoms with E-state index in [0.717, 1.165) is 0 Å². The molecule has 0 spiro atoms. The molecule has 0 saturated heterocycles. The highest BCUT2D eigenvalue weighted by molar-refractivity contribution is 7.89. The number of methoxy groups -OCH3 is 1. The fraction of sp³-hybridized carbons (Fsp3) is 0.400. The molecule has 0 aliphatic heterocycles. The zero-order valence-corrected chi connectivity index (χ0v) is 12.6. The molecule has 0 radical (unpaired) electrons. The zero-order valence-electron chi connectivity index (χ0n) is 9.49. The fourth-order valence-corrected chi connectivity index (χ4v) is 3.34. The van der Waals surface area contributed by atoms with Crippen LogP contribution in [-0.2, 0) is 14.8 Å². The molecule has 8 heteroatoms. The zero-order chi connectivity index (χ0) is 13.8. The van der Waals surface area contributed by atoms with Gasteiger partial charge in [0.1, 0.15) is 4.90 Å². The summed E-state index contributed by atoms with van der Waals surface area (Å²) in [4.78, 5) is -0.0713. The molecular weight excluding hydrogens is 321 g/mol. The van der Waals surface area contributed by atoms with Gasteiger partial charge >= 0.3 is 0 Å². The Balaban J connectivity index is 2.83. The van der Waals surface area contributed by atoms with E-state index in [4.69, 9.17) is 39.5 Å². The molecule has 0 heterocycles. The molecular formula is C10H12Cl3NO3S. The van der Waals surface area contributed by atoms with Crippen LogP contribution in [0, 0.1) is 0 Å². The first-order chi connectivity index (χ1) is 8.36. The van der Waals surface area contributed by atoms with Crippen molar-refractivity contribution in [2.45, 2.75) is 10.3 Å². The molecule has 0 bridgehead atoms. The lowest BCUT2D eigenvalue weighted by Crippen LogP contribution is -2.31. The molecule has 1 aromatic rings. The van der Waals surface area contributed by atoms with Crippen molar-refractivity contribution in [2.24, 2.45) is 0 Å². The Kier molecular flexibility index (Phi) is 6.17. The van der Waals surface area contributed by atoms with Crippen LogP contribution in [0.15, 0.2) is 23.1 Å². The largest absolute Gasteiger partial charge is 0.383 e. The summed E-state index contributed by atoms with van der Waals surface area (Å²) in [6.07, 6.45) is 0. The Hall–Kier alpha value is -0.0400. The van der Waals surface area contributed by atoms with E-state index in [-0.39, 0.29) is 23.1 Å². The summed E-state index contributed by atoms with van der Waals surface area (Å²) in [5.41, 5.74) is 0. The molecule has 0 amide bonds. The monoisotopic (exact) mass is 331 g/mol. The average Bonchev–Trinajstić information content (AvgIpc) is 2.30. The first-order valence-corrected chi connectivity index (χ1v) is 7.62. The van der Waals surface area contributed by atoms with Crippen molar-refractivity contribution in [1.82, 2.24) is 4.72 Å². The van der Waals surface area contributed by atoms with E-state index >= 15 is 0 Å². The van der Waals surface area contributed by atoms with Crippen LogP contribution in [-0.4, -0.2) is 34.1 Å². The summed E-state index contributed by atoms with van der Waals surface area (Å²) < 4.78 is 31.1. The van der Waals surface area contributed by atoms with E-state index in [0.29, 0.717) is 5.02 Å². The summed E-state index contributed by atoms with van der Waals surface area (Å²) in [5, 5.41) is -0.0633. The molecule has 1 N–H and O–H groups in total. The first-order valence-electron chi connectivity index (χ1n) is 4.94. The number of ether oxygens (including phenoxy) is 1. The Morgan fingerprint density at radius 2 is 2.06 bits per heavy atom. The molecule has 0 fully saturated rings. The number of benzene rings is 1. The number of alkyl halides is 1. The van der Waals surface area contributed by atoms with Gasteiger partial charge in [-0.05, 0) is 18.2 Å². The topological polar surface area (TPSA) is 55.4 Å². The van der Waals surface area contributed by atoms with Gasteiger partial charge in [0.15, 0.2) is 0 Å². The first kappa shape index (κ1) is 16.0. The fourth-order valence-electron chi connectivity index (χ4n) is 1.20. The molecule has 18 heavy (non-hydrogen) atoms. The molecule has 4 nitrogen and oxygen atoms in total. The predicted molar refractivity (Wildman–Crippen MR) is 73.2 cm³/mol. The minimum Gasteiger partial charge on any atom is -0.383 e. The lowest BCUT2D eigenvalue weighted by Gasteiger charge is -2.11. The van der Waals surface area contributed by atoms with E-state index in [9.17, 15) is 8.42 Å². The third-order valence-corrected chi connectivity index (χ3v) is 4.45. The second-order valence-corrected chi connectivity index (χ2v) is 6.68. The van der Waals surface area contributed by atoms with Crippen LogP contribution in [0.4, 0.5) is 0 Å². The average molecular weight is 333 g/mol. The summed E-state index contributed by atoms with van der Waals surface area (Å²) in [6, 6.07) is 4.22. The Bertz CT molecular complexity index is 507. The molecule has 0 aliphatic carbocycles. The van der Waals surface area contributed by atoms with Crippen molar-refractivity contribution in [1.29, 1.82) is 0 Å². The minimum atomic E-state index is -3.73. The maximum absolute atomic E-state index is 12.0. The minimum absolute atomic E-state index is 0.0422. The summed E-state index contributed by atoms with van der Waals surface area (Å²) in [6.45, 7) is 0.286. The second-order valence-electron chi connectivity index (χ2n) is 3.48. The predicted octanol–water partition coefficient (Wildman–Crippen LogP) is 2.53. The smallest absolute Gasteiger partial charge is 0.242 e. The molecule has 0 aliphatic rings. The SMILES string of the molecule is COCC(Cl)CNS(=O)(=O)c1cc(Cl)ccc1Cl. The number of rotatable bonds is 6. The van der Waals surface area contributed by atoms with Gasteiger partial charge in [-0.2, -0.15) is 0 Å². The van der Waals surface area contributed by atoms with Crippen LogP contribution >= 0.6 is 34.8 Å². The van der Waals surface area contributed by atoms with E-state index < -0.39 is 15.4 Å². The van der Waals surface area contributed by atoms with E-state index in [1.165, 1.54) is 25.3 Å². The van der Waals surface area contributed by atoms with Crippen LogP contribution in [0.5, 0.6) is 0 Å². The second kappa shape index (κ2) is 6.93. The molecule has 102 valence electrons. The molecule has 0 saturated carbocycles. The highest BCUT2D eigenvalue weighted by Gasteiger charge is 2.19. The van der Waals surface area contributed by atoms with Crippen LogP contribution in [0.2, 0.25) is 10.0 Å². The number of halogens is 3. The van der Waals surface area contributed by atoms with Gasteiger partial charge in [0.2, 0.25) is 10.0 Å². The van der Waals surface area contributed by atoms with E-state index in [1.54, 1.807) is 0 Å². The number of sulfonamides is 1. The third-order valence-electron chi connectivity index (χ3n) is 2.03.